The van der Waals surface area contributed by atoms with Gasteiger partial charge in [-0.1, -0.05) is 43.2 Å². The fourth-order valence-electron chi connectivity index (χ4n) is 5.31. The summed E-state index contributed by atoms with van der Waals surface area (Å²) in [4.78, 5) is 52.9. The highest BCUT2D eigenvalue weighted by Gasteiger charge is 2.36. The van der Waals surface area contributed by atoms with E-state index in [9.17, 15) is 36.7 Å². The third-order valence-electron chi connectivity index (χ3n) is 8.01. The highest BCUT2D eigenvalue weighted by molar-refractivity contribution is 5.92. The molecule has 2 heterocycles. The average molecular weight is 629 g/mol. The van der Waals surface area contributed by atoms with Crippen molar-refractivity contribution in [2.75, 3.05) is 18.5 Å². The van der Waals surface area contributed by atoms with Crippen LogP contribution < -0.4 is 26.2 Å². The molecular weight excluding hydrogens is 596 g/mol. The first-order valence-corrected chi connectivity index (χ1v) is 14.7. The largest absolute Gasteiger partial charge is 0.479 e. The average Bonchev–Trinajstić information content (AvgIpc) is 3.77. The lowest BCUT2D eigenvalue weighted by molar-refractivity contribution is -0.132. The molecule has 1 saturated carbocycles. The third kappa shape index (κ3) is 7.70. The molecule has 2 unspecified atom stereocenters. The monoisotopic (exact) mass is 628 g/mol. The van der Waals surface area contributed by atoms with Crippen molar-refractivity contribution >= 4 is 23.3 Å². The Morgan fingerprint density at radius 2 is 1.67 bits per heavy atom. The summed E-state index contributed by atoms with van der Waals surface area (Å²) in [5, 5.41) is 8.37. The minimum Gasteiger partial charge on any atom is -0.479 e. The molecular formula is C32H32F4N4O5. The van der Waals surface area contributed by atoms with Gasteiger partial charge in [0.1, 0.15) is 18.3 Å². The Bertz CT molecular complexity index is 1600. The molecule has 5 rings (SSSR count). The van der Waals surface area contributed by atoms with Crippen LogP contribution in [0.3, 0.4) is 0 Å². The van der Waals surface area contributed by atoms with Gasteiger partial charge in [-0.3, -0.25) is 19.2 Å². The highest BCUT2D eigenvalue weighted by Crippen LogP contribution is 2.37. The molecule has 2 aromatic carbocycles. The topological polar surface area (TPSA) is 119 Å². The van der Waals surface area contributed by atoms with Crippen molar-refractivity contribution in [1.82, 2.24) is 15.2 Å². The van der Waals surface area contributed by atoms with Gasteiger partial charge in [0.25, 0.3) is 5.56 Å². The normalized spacial score (nSPS) is 17.3. The molecule has 1 saturated heterocycles. The van der Waals surface area contributed by atoms with E-state index in [0.29, 0.717) is 25.9 Å². The number of rotatable bonds is 14. The number of hydrogen-bond donors (Lipinski definition) is 3. The Kier molecular flexibility index (Phi) is 9.84. The number of nitrogens with one attached hydrogen (secondary N) is 3. The highest BCUT2D eigenvalue weighted by atomic mass is 19.2. The molecule has 9 nitrogen and oxygen atoms in total. The Morgan fingerprint density at radius 1 is 0.956 bits per heavy atom. The number of hydrogen-bond acceptors (Lipinski definition) is 6. The fraction of sp³-hybridized carbons (Fsp3) is 0.375. The Balaban J connectivity index is 1.36. The molecule has 0 bridgehead atoms. The summed E-state index contributed by atoms with van der Waals surface area (Å²) in [6.07, 6.45) is 3.74. The van der Waals surface area contributed by atoms with E-state index >= 15 is 0 Å². The molecule has 2 fully saturated rings. The molecule has 2 aliphatic rings. The van der Waals surface area contributed by atoms with Gasteiger partial charge in [-0.2, -0.15) is 8.78 Å². The van der Waals surface area contributed by atoms with Crippen molar-refractivity contribution in [3.63, 3.8) is 0 Å². The first kappa shape index (κ1) is 31.7. The molecule has 3 N–H and O–H groups in total. The maximum atomic E-state index is 14.1. The first-order valence-electron chi connectivity index (χ1n) is 14.7. The molecule has 3 atom stereocenters. The second-order valence-corrected chi connectivity index (χ2v) is 11.3. The molecule has 3 aromatic rings. The smallest absolute Gasteiger partial charge is 0.274 e. The first-order chi connectivity index (χ1) is 21.6. The molecule has 0 radical (unpaired) electrons. The maximum absolute atomic E-state index is 14.1. The van der Waals surface area contributed by atoms with Gasteiger partial charge in [0.15, 0.2) is 23.2 Å². The van der Waals surface area contributed by atoms with Gasteiger partial charge in [0, 0.05) is 31.3 Å². The van der Waals surface area contributed by atoms with Crippen molar-refractivity contribution in [3.8, 4) is 5.75 Å². The number of pyridine rings is 1. The van der Waals surface area contributed by atoms with Crippen molar-refractivity contribution < 1.29 is 36.7 Å². The summed E-state index contributed by atoms with van der Waals surface area (Å²) in [7, 11) is 0. The van der Waals surface area contributed by atoms with Gasteiger partial charge in [-0.15, -0.1) is 0 Å². The number of nitrogens with zero attached hydrogens (tertiary/aromatic N) is 1. The van der Waals surface area contributed by atoms with Crippen molar-refractivity contribution in [2.24, 2.45) is 11.8 Å². The van der Waals surface area contributed by atoms with E-state index in [1.807, 2.05) is 30.3 Å². The minimum absolute atomic E-state index is 0.00914. The summed E-state index contributed by atoms with van der Waals surface area (Å²) in [5.74, 6) is -10.8. The van der Waals surface area contributed by atoms with Crippen molar-refractivity contribution in [2.45, 2.75) is 50.7 Å². The van der Waals surface area contributed by atoms with Crippen molar-refractivity contribution in [3.05, 3.63) is 93.9 Å². The number of aromatic nitrogens is 1. The lowest BCUT2D eigenvalue weighted by Gasteiger charge is -2.25. The Morgan fingerprint density at radius 3 is 2.31 bits per heavy atom. The van der Waals surface area contributed by atoms with E-state index in [-0.39, 0.29) is 30.0 Å². The minimum atomic E-state index is -1.82. The quantitative estimate of drug-likeness (QED) is 0.184. The zero-order chi connectivity index (χ0) is 32.1. The summed E-state index contributed by atoms with van der Waals surface area (Å²) in [6, 6.07) is 10.3. The zero-order valence-electron chi connectivity index (χ0n) is 24.2. The van der Waals surface area contributed by atoms with Crippen LogP contribution >= 0.6 is 0 Å². The zero-order valence-corrected chi connectivity index (χ0v) is 24.2. The van der Waals surface area contributed by atoms with E-state index in [2.05, 4.69) is 16.0 Å². The van der Waals surface area contributed by atoms with E-state index in [1.165, 1.54) is 10.8 Å². The molecule has 238 valence electrons. The number of benzene rings is 2. The second-order valence-electron chi connectivity index (χ2n) is 11.3. The van der Waals surface area contributed by atoms with Gasteiger partial charge >= 0.3 is 0 Å². The Labute approximate surface area is 256 Å². The molecule has 45 heavy (non-hydrogen) atoms. The van der Waals surface area contributed by atoms with Crippen LogP contribution in [0.1, 0.15) is 43.7 Å². The standard InChI is InChI=1S/C32H32F4N4O5/c33-21-15-22(34)28(36)29(27(21)35)45-17-26(41)24(14-20-10-11-37-30(20)42)39-31(43)25(13-18-8-9-18)40-12-4-7-23(32(40)44)38-16-19-5-2-1-3-6-19/h1-7,12,15,18,20,24-25,38H,8-11,13-14,16-17H2,(H,37,42)(H,39,43)/t20?,24?,25-/m0/s1. The van der Waals surface area contributed by atoms with Crippen LogP contribution in [-0.2, 0) is 20.9 Å². The van der Waals surface area contributed by atoms with Gasteiger partial charge in [-0.25, -0.2) is 8.78 Å². The van der Waals surface area contributed by atoms with Gasteiger partial charge in [-0.05, 0) is 42.9 Å². The number of anilines is 1. The number of ketones is 1. The number of ether oxygens (including phenoxy) is 1. The van der Waals surface area contributed by atoms with E-state index < -0.39 is 70.9 Å². The van der Waals surface area contributed by atoms with Crippen LogP contribution in [0.2, 0.25) is 0 Å². The number of carbonyl (C=O) groups is 3. The summed E-state index contributed by atoms with van der Waals surface area (Å²) in [6.45, 7) is -0.325. The number of amides is 2. The molecule has 0 spiro atoms. The van der Waals surface area contributed by atoms with E-state index in [1.54, 1.807) is 12.1 Å². The summed E-state index contributed by atoms with van der Waals surface area (Å²) >= 11 is 0. The van der Waals surface area contributed by atoms with Crippen LogP contribution in [0, 0.1) is 35.1 Å². The SMILES string of the molecule is O=C1NCCC1CC(NC(=O)[C@H](CC1CC1)n1cccc(NCc2ccccc2)c1=O)C(=O)COc1c(F)c(F)cc(F)c1F. The van der Waals surface area contributed by atoms with E-state index in [0.717, 1.165) is 18.4 Å². The summed E-state index contributed by atoms with van der Waals surface area (Å²) in [5.41, 5.74) is 0.763. The van der Waals surface area contributed by atoms with Crippen molar-refractivity contribution in [1.29, 1.82) is 0 Å². The number of Topliss-reactive ketones (excluding diaryl/α,β-unsaturated/α-hetero) is 1. The second kappa shape index (κ2) is 14.0. The fourth-order valence-corrected chi connectivity index (χ4v) is 5.31. The van der Waals surface area contributed by atoms with Gasteiger partial charge in [0.05, 0.1) is 6.04 Å². The van der Waals surface area contributed by atoms with Gasteiger partial charge < -0.3 is 25.3 Å². The molecule has 13 heteroatoms. The summed E-state index contributed by atoms with van der Waals surface area (Å²) < 4.78 is 61.8. The lowest BCUT2D eigenvalue weighted by Crippen LogP contribution is -2.48. The van der Waals surface area contributed by atoms with Gasteiger partial charge in [0.2, 0.25) is 23.4 Å². The lowest BCUT2D eigenvalue weighted by atomic mass is 9.95. The molecule has 1 aliphatic heterocycles. The Hall–Kier alpha value is -4.68. The molecule has 1 aromatic heterocycles. The van der Waals surface area contributed by atoms with Crippen LogP contribution in [0.15, 0.2) is 59.5 Å². The third-order valence-corrected chi connectivity index (χ3v) is 8.01. The molecule has 1 aliphatic carbocycles. The number of halogens is 4. The maximum Gasteiger partial charge on any atom is 0.274 e. The van der Waals surface area contributed by atoms with Crippen LogP contribution in [-0.4, -0.2) is 41.4 Å². The predicted molar refractivity (Wildman–Crippen MR) is 155 cm³/mol. The molecule has 2 amide bonds. The predicted octanol–water partition coefficient (Wildman–Crippen LogP) is 4.02. The number of carbonyl (C=O) groups excluding carboxylic acids is 3. The van der Waals surface area contributed by atoms with Crippen LogP contribution in [0.4, 0.5) is 23.2 Å². The van der Waals surface area contributed by atoms with E-state index in [4.69, 9.17) is 4.74 Å². The van der Waals surface area contributed by atoms with Crippen LogP contribution in [0.5, 0.6) is 5.75 Å². The van der Waals surface area contributed by atoms with Crippen LogP contribution in [0.25, 0.3) is 0 Å².